The van der Waals surface area contributed by atoms with Crippen molar-refractivity contribution in [2.24, 2.45) is 4.99 Å². The molecule has 6 heteroatoms. The molecule has 0 spiro atoms. The van der Waals surface area contributed by atoms with Gasteiger partial charge in [-0.05, 0) is 18.1 Å². The van der Waals surface area contributed by atoms with Gasteiger partial charge in [0.25, 0.3) is 0 Å². The van der Waals surface area contributed by atoms with Crippen LogP contribution in [-0.4, -0.2) is 31.1 Å². The summed E-state index contributed by atoms with van der Waals surface area (Å²) in [7, 11) is 0. The molecule has 0 atom stereocenters. The monoisotopic (exact) mass is 244 g/mol. The highest BCUT2D eigenvalue weighted by atomic mass is 19.2. The van der Waals surface area contributed by atoms with Gasteiger partial charge >= 0.3 is 0 Å². The summed E-state index contributed by atoms with van der Waals surface area (Å²) in [6.45, 7) is 0.395. The molecule has 0 saturated carbocycles. The van der Waals surface area contributed by atoms with Gasteiger partial charge in [0.1, 0.15) is 11.5 Å². The fourth-order valence-corrected chi connectivity index (χ4v) is 1.75. The molecule has 2 rings (SSSR count). The van der Waals surface area contributed by atoms with Crippen molar-refractivity contribution in [2.45, 2.75) is 6.42 Å². The van der Waals surface area contributed by atoms with Gasteiger partial charge < -0.3 is 10.0 Å². The van der Waals surface area contributed by atoms with E-state index in [-0.39, 0.29) is 18.6 Å². The maximum Gasteiger partial charge on any atom is 0.185 e. The molecule has 0 unspecified atom stereocenters. The molecule has 0 saturated heterocycles. The van der Waals surface area contributed by atoms with Crippen molar-refractivity contribution in [1.29, 1.82) is 0 Å². The fraction of sp³-hybridized carbons (Fsp3) is 0.364. The third kappa shape index (κ3) is 2.12. The van der Waals surface area contributed by atoms with Crippen LogP contribution < -0.4 is 4.90 Å². The highest BCUT2D eigenvalue weighted by Gasteiger charge is 2.23. The van der Waals surface area contributed by atoms with Crippen molar-refractivity contribution in [3.63, 3.8) is 0 Å². The van der Waals surface area contributed by atoms with Crippen LogP contribution in [0.4, 0.5) is 18.9 Å². The molecule has 1 aliphatic rings. The number of aliphatic imine (C=N–C) groups is 1. The molecule has 0 aliphatic carbocycles. The van der Waals surface area contributed by atoms with Crippen molar-refractivity contribution >= 4 is 12.0 Å². The van der Waals surface area contributed by atoms with Gasteiger partial charge in [0.2, 0.25) is 0 Å². The largest absolute Gasteiger partial charge is 0.396 e. The van der Waals surface area contributed by atoms with E-state index < -0.39 is 23.1 Å². The van der Waals surface area contributed by atoms with E-state index in [0.29, 0.717) is 13.1 Å². The molecular weight excluding hydrogens is 233 g/mol. The SMILES string of the molecule is OCCc1cc(F)c(N2C=NCC2)c(F)c1F. The fourth-order valence-electron chi connectivity index (χ4n) is 1.75. The smallest absolute Gasteiger partial charge is 0.185 e. The predicted molar refractivity (Wildman–Crippen MR) is 57.8 cm³/mol. The highest BCUT2D eigenvalue weighted by Crippen LogP contribution is 2.28. The first-order valence-corrected chi connectivity index (χ1v) is 5.19. The number of aliphatic hydroxyl groups is 1. The summed E-state index contributed by atoms with van der Waals surface area (Å²) in [5.41, 5.74) is -0.590. The van der Waals surface area contributed by atoms with Crippen LogP contribution in [0, 0.1) is 17.5 Å². The Hall–Kier alpha value is -1.56. The second kappa shape index (κ2) is 4.75. The maximum absolute atomic E-state index is 13.7. The van der Waals surface area contributed by atoms with Crippen LogP contribution in [0.1, 0.15) is 5.56 Å². The summed E-state index contributed by atoms with van der Waals surface area (Å²) in [6, 6.07) is 0.913. The predicted octanol–water partition coefficient (Wildman–Crippen LogP) is 1.49. The Kier molecular flexibility index (Phi) is 3.33. The Morgan fingerprint density at radius 1 is 1.29 bits per heavy atom. The summed E-state index contributed by atoms with van der Waals surface area (Å²) in [6.07, 6.45) is 1.17. The molecule has 1 N–H and O–H groups in total. The molecule has 92 valence electrons. The van der Waals surface area contributed by atoms with Crippen molar-refractivity contribution in [3.8, 4) is 0 Å². The van der Waals surface area contributed by atoms with Gasteiger partial charge in [-0.2, -0.15) is 0 Å². The molecule has 0 bridgehead atoms. The van der Waals surface area contributed by atoms with Gasteiger partial charge in [0.15, 0.2) is 11.6 Å². The quantitative estimate of drug-likeness (QED) is 0.818. The molecule has 0 amide bonds. The lowest BCUT2D eigenvalue weighted by molar-refractivity contribution is 0.296. The van der Waals surface area contributed by atoms with E-state index >= 15 is 0 Å². The van der Waals surface area contributed by atoms with Gasteiger partial charge in [-0.15, -0.1) is 0 Å². The molecule has 1 aliphatic heterocycles. The van der Waals surface area contributed by atoms with E-state index in [2.05, 4.69) is 4.99 Å². The third-order valence-corrected chi connectivity index (χ3v) is 2.57. The molecule has 0 fully saturated rings. The summed E-state index contributed by atoms with van der Waals surface area (Å²) < 4.78 is 40.9. The lowest BCUT2D eigenvalue weighted by Gasteiger charge is -2.17. The van der Waals surface area contributed by atoms with Crippen LogP contribution in [0.2, 0.25) is 0 Å². The summed E-state index contributed by atoms with van der Waals surface area (Å²) in [5.74, 6) is -3.20. The summed E-state index contributed by atoms with van der Waals surface area (Å²) in [4.78, 5) is 5.05. The summed E-state index contributed by atoms with van der Waals surface area (Å²) >= 11 is 0. The number of rotatable bonds is 3. The van der Waals surface area contributed by atoms with Gasteiger partial charge in [-0.1, -0.05) is 0 Å². The number of halogens is 3. The van der Waals surface area contributed by atoms with E-state index in [0.717, 1.165) is 6.07 Å². The Balaban J connectivity index is 2.46. The van der Waals surface area contributed by atoms with Gasteiger partial charge in [-0.25, -0.2) is 13.2 Å². The maximum atomic E-state index is 13.7. The van der Waals surface area contributed by atoms with Crippen molar-refractivity contribution in [1.82, 2.24) is 0 Å². The van der Waals surface area contributed by atoms with E-state index in [1.165, 1.54) is 11.2 Å². The van der Waals surface area contributed by atoms with E-state index in [9.17, 15) is 13.2 Å². The Bertz CT molecular complexity index is 463. The van der Waals surface area contributed by atoms with Crippen molar-refractivity contribution in [2.75, 3.05) is 24.6 Å². The molecule has 17 heavy (non-hydrogen) atoms. The van der Waals surface area contributed by atoms with E-state index in [4.69, 9.17) is 5.11 Å². The molecule has 1 aromatic rings. The van der Waals surface area contributed by atoms with Gasteiger partial charge in [-0.3, -0.25) is 4.99 Å². The lowest BCUT2D eigenvalue weighted by atomic mass is 10.1. The first-order valence-electron chi connectivity index (χ1n) is 5.19. The standard InChI is InChI=1S/C11H11F3N2O/c12-8-5-7(1-4-17)9(13)10(14)11(8)16-3-2-15-6-16/h5-6,17H,1-4H2. The minimum atomic E-state index is -1.23. The Labute approximate surface area is 96.2 Å². The number of nitrogens with zero attached hydrogens (tertiary/aromatic N) is 2. The third-order valence-electron chi connectivity index (χ3n) is 2.57. The minimum absolute atomic E-state index is 0.117. The Morgan fingerprint density at radius 2 is 2.06 bits per heavy atom. The zero-order valence-electron chi connectivity index (χ0n) is 8.96. The average Bonchev–Trinajstić information content (AvgIpc) is 2.79. The van der Waals surface area contributed by atoms with Crippen LogP contribution >= 0.6 is 0 Å². The number of benzene rings is 1. The van der Waals surface area contributed by atoms with Crippen LogP contribution in [-0.2, 0) is 6.42 Å². The first kappa shape index (κ1) is 11.9. The molecule has 3 nitrogen and oxygen atoms in total. The zero-order valence-corrected chi connectivity index (χ0v) is 8.96. The average molecular weight is 244 g/mol. The van der Waals surface area contributed by atoms with Gasteiger partial charge in [0, 0.05) is 13.2 Å². The second-order valence-electron chi connectivity index (χ2n) is 3.68. The number of aliphatic hydroxyl groups excluding tert-OH is 1. The molecule has 0 radical (unpaired) electrons. The number of hydrogen-bond acceptors (Lipinski definition) is 3. The zero-order chi connectivity index (χ0) is 12.4. The van der Waals surface area contributed by atoms with Crippen LogP contribution in [0.15, 0.2) is 11.1 Å². The molecule has 1 heterocycles. The first-order chi connectivity index (χ1) is 8.15. The van der Waals surface area contributed by atoms with Crippen LogP contribution in [0.3, 0.4) is 0 Å². The Morgan fingerprint density at radius 3 is 2.65 bits per heavy atom. The van der Waals surface area contributed by atoms with Crippen molar-refractivity contribution < 1.29 is 18.3 Å². The second-order valence-corrected chi connectivity index (χ2v) is 3.68. The molecular formula is C11H11F3N2O. The number of hydrogen-bond donors (Lipinski definition) is 1. The lowest BCUT2D eigenvalue weighted by Crippen LogP contribution is -2.22. The van der Waals surface area contributed by atoms with E-state index in [1.807, 2.05) is 0 Å². The summed E-state index contributed by atoms with van der Waals surface area (Å²) in [5, 5.41) is 8.66. The van der Waals surface area contributed by atoms with Crippen LogP contribution in [0.5, 0.6) is 0 Å². The molecule has 0 aromatic heterocycles. The normalized spacial score (nSPS) is 14.7. The van der Waals surface area contributed by atoms with Crippen molar-refractivity contribution in [3.05, 3.63) is 29.1 Å². The van der Waals surface area contributed by atoms with E-state index in [1.54, 1.807) is 0 Å². The highest BCUT2D eigenvalue weighted by molar-refractivity contribution is 5.81. The minimum Gasteiger partial charge on any atom is -0.396 e. The topological polar surface area (TPSA) is 35.8 Å². The van der Waals surface area contributed by atoms with Gasteiger partial charge in [0.05, 0.1) is 12.9 Å². The molecule has 1 aromatic carbocycles. The van der Waals surface area contributed by atoms with Crippen LogP contribution in [0.25, 0.3) is 0 Å². The number of anilines is 1.